The number of fused-ring (bicyclic) bond motifs is 3. The molecular formula is C18H14N6O3S. The monoisotopic (exact) mass is 394 g/mol. The van der Waals surface area contributed by atoms with E-state index in [1.807, 2.05) is 37.3 Å². The van der Waals surface area contributed by atoms with Crippen LogP contribution >= 0.6 is 0 Å². The van der Waals surface area contributed by atoms with Crippen LogP contribution in [0.25, 0.3) is 33.0 Å². The minimum Gasteiger partial charge on any atom is -0.261 e. The van der Waals surface area contributed by atoms with Crippen molar-refractivity contribution in [2.75, 3.05) is 4.72 Å². The molecule has 0 unspecified atom stereocenters. The summed E-state index contributed by atoms with van der Waals surface area (Å²) in [5.41, 5.74) is 1.95. The highest BCUT2D eigenvalue weighted by atomic mass is 32.2. The van der Waals surface area contributed by atoms with Gasteiger partial charge in [-0.2, -0.15) is 5.10 Å². The number of pyridine rings is 1. The van der Waals surface area contributed by atoms with E-state index in [1.54, 1.807) is 16.8 Å². The van der Waals surface area contributed by atoms with Crippen LogP contribution in [0.2, 0.25) is 0 Å². The van der Waals surface area contributed by atoms with Crippen molar-refractivity contribution in [3.63, 3.8) is 0 Å². The van der Waals surface area contributed by atoms with Crippen molar-refractivity contribution in [2.24, 2.45) is 0 Å². The summed E-state index contributed by atoms with van der Waals surface area (Å²) in [7, 11) is -3.97. The predicted molar refractivity (Wildman–Crippen MR) is 103 cm³/mol. The first kappa shape index (κ1) is 16.6. The van der Waals surface area contributed by atoms with Gasteiger partial charge in [-0.05, 0) is 41.5 Å². The van der Waals surface area contributed by atoms with E-state index in [1.165, 1.54) is 6.07 Å². The molecule has 0 spiro atoms. The van der Waals surface area contributed by atoms with Crippen molar-refractivity contribution in [1.29, 1.82) is 0 Å². The molecule has 0 aliphatic carbocycles. The Morgan fingerprint density at radius 2 is 1.89 bits per heavy atom. The molecule has 5 rings (SSSR count). The highest BCUT2D eigenvalue weighted by Gasteiger charge is 2.23. The van der Waals surface area contributed by atoms with Crippen molar-refractivity contribution < 1.29 is 13.0 Å². The van der Waals surface area contributed by atoms with E-state index < -0.39 is 10.0 Å². The molecule has 0 aliphatic heterocycles. The smallest absolute Gasteiger partial charge is 0.261 e. The predicted octanol–water partition coefficient (Wildman–Crippen LogP) is 2.94. The fraction of sp³-hybridized carbons (Fsp3) is 0.111. The summed E-state index contributed by atoms with van der Waals surface area (Å²) in [6.07, 6.45) is 0. The molecule has 0 aliphatic rings. The van der Waals surface area contributed by atoms with Crippen LogP contribution in [0.1, 0.15) is 6.92 Å². The first-order valence-corrected chi connectivity index (χ1v) is 10.1. The standard InChI is InChI=1S/C18H14N6O3S/c1-2-24-18-12(10-11-6-3-4-7-13(11)19-18)17(20-24)23-28(25,26)15-9-5-8-14-16(15)22-27-21-14/h3-10H,2H2,1H3,(H,20,23). The minimum atomic E-state index is -3.97. The molecule has 1 N–H and O–H groups in total. The van der Waals surface area contributed by atoms with Crippen LogP contribution < -0.4 is 4.72 Å². The Bertz CT molecular complexity index is 1450. The normalized spacial score (nSPS) is 12.2. The second kappa shape index (κ2) is 5.99. The average molecular weight is 394 g/mol. The summed E-state index contributed by atoms with van der Waals surface area (Å²) in [5.74, 6) is 0.212. The molecule has 5 aromatic rings. The topological polar surface area (TPSA) is 116 Å². The molecule has 2 aromatic carbocycles. The van der Waals surface area contributed by atoms with Gasteiger partial charge in [0.2, 0.25) is 0 Å². The zero-order valence-corrected chi connectivity index (χ0v) is 15.5. The van der Waals surface area contributed by atoms with Gasteiger partial charge < -0.3 is 0 Å². The van der Waals surface area contributed by atoms with Gasteiger partial charge in [-0.15, -0.1) is 0 Å². The van der Waals surface area contributed by atoms with Gasteiger partial charge in [0, 0.05) is 11.9 Å². The average Bonchev–Trinajstić information content (AvgIpc) is 3.30. The molecule has 28 heavy (non-hydrogen) atoms. The first-order valence-electron chi connectivity index (χ1n) is 8.57. The van der Waals surface area contributed by atoms with Gasteiger partial charge in [0.05, 0.1) is 10.9 Å². The van der Waals surface area contributed by atoms with Gasteiger partial charge in [-0.25, -0.2) is 22.7 Å². The van der Waals surface area contributed by atoms with Crippen LogP contribution in [0.15, 0.2) is 58.1 Å². The third-order valence-corrected chi connectivity index (χ3v) is 5.86. The van der Waals surface area contributed by atoms with Gasteiger partial charge in [0.1, 0.15) is 10.4 Å². The minimum absolute atomic E-state index is 0.0285. The quantitative estimate of drug-likeness (QED) is 0.498. The number of sulfonamides is 1. The molecule has 0 fully saturated rings. The summed E-state index contributed by atoms with van der Waals surface area (Å²) in [4.78, 5) is 4.61. The van der Waals surface area contributed by atoms with Crippen molar-refractivity contribution >= 4 is 48.8 Å². The summed E-state index contributed by atoms with van der Waals surface area (Å²) in [5, 5.41) is 13.3. The number of para-hydroxylation sites is 1. The number of hydrogen-bond donors (Lipinski definition) is 1. The Labute approximate surface area is 159 Å². The number of nitrogens with one attached hydrogen (secondary N) is 1. The largest absolute Gasteiger partial charge is 0.265 e. The summed E-state index contributed by atoms with van der Waals surface area (Å²) in [6, 6.07) is 14.2. The van der Waals surface area contributed by atoms with Crippen molar-refractivity contribution in [2.45, 2.75) is 18.4 Å². The van der Waals surface area contributed by atoms with E-state index in [9.17, 15) is 8.42 Å². The lowest BCUT2D eigenvalue weighted by Gasteiger charge is -2.06. The van der Waals surface area contributed by atoms with Crippen LogP contribution in [-0.4, -0.2) is 33.5 Å². The maximum absolute atomic E-state index is 13.0. The van der Waals surface area contributed by atoms with Crippen LogP contribution in [-0.2, 0) is 16.6 Å². The maximum atomic E-state index is 13.0. The van der Waals surface area contributed by atoms with E-state index in [-0.39, 0.29) is 16.2 Å². The maximum Gasteiger partial charge on any atom is 0.265 e. The van der Waals surface area contributed by atoms with Gasteiger partial charge in [0.15, 0.2) is 17.0 Å². The number of rotatable bonds is 4. The van der Waals surface area contributed by atoms with E-state index >= 15 is 0 Å². The molecule has 0 amide bonds. The molecular weight excluding hydrogens is 380 g/mol. The molecule has 0 saturated heterocycles. The van der Waals surface area contributed by atoms with E-state index in [2.05, 4.69) is 29.7 Å². The Kier molecular flexibility index (Phi) is 3.56. The van der Waals surface area contributed by atoms with Gasteiger partial charge in [-0.1, -0.05) is 24.3 Å². The number of aryl methyl sites for hydroxylation is 1. The molecule has 0 radical (unpaired) electrons. The fourth-order valence-corrected chi connectivity index (χ4v) is 4.34. The van der Waals surface area contributed by atoms with E-state index in [0.717, 1.165) is 10.9 Å². The van der Waals surface area contributed by atoms with Gasteiger partial charge in [-0.3, -0.25) is 4.72 Å². The number of benzene rings is 2. The Morgan fingerprint density at radius 1 is 1.07 bits per heavy atom. The van der Waals surface area contributed by atoms with E-state index in [4.69, 9.17) is 0 Å². The number of anilines is 1. The third kappa shape index (κ3) is 2.49. The summed E-state index contributed by atoms with van der Waals surface area (Å²) in [6.45, 7) is 2.47. The first-order chi connectivity index (χ1) is 13.6. The fourth-order valence-electron chi connectivity index (χ4n) is 3.18. The Hall–Kier alpha value is -3.53. The molecule has 3 aromatic heterocycles. The number of hydrogen-bond acceptors (Lipinski definition) is 7. The molecule has 9 nitrogen and oxygen atoms in total. The second-order valence-corrected chi connectivity index (χ2v) is 7.86. The van der Waals surface area contributed by atoms with Crippen LogP contribution in [0.4, 0.5) is 5.82 Å². The van der Waals surface area contributed by atoms with Crippen LogP contribution in [0, 0.1) is 0 Å². The van der Waals surface area contributed by atoms with Crippen molar-refractivity contribution in [3.05, 3.63) is 48.5 Å². The molecule has 0 bridgehead atoms. The Balaban J connectivity index is 1.69. The van der Waals surface area contributed by atoms with Crippen LogP contribution in [0.5, 0.6) is 0 Å². The second-order valence-electron chi connectivity index (χ2n) is 6.21. The Morgan fingerprint density at radius 3 is 2.75 bits per heavy atom. The van der Waals surface area contributed by atoms with Crippen molar-refractivity contribution in [3.8, 4) is 0 Å². The summed E-state index contributed by atoms with van der Waals surface area (Å²) >= 11 is 0. The molecule has 140 valence electrons. The van der Waals surface area contributed by atoms with E-state index in [0.29, 0.717) is 23.1 Å². The van der Waals surface area contributed by atoms with Crippen LogP contribution in [0.3, 0.4) is 0 Å². The number of aromatic nitrogens is 5. The lowest BCUT2D eigenvalue weighted by molar-refractivity contribution is 0.315. The molecule has 0 atom stereocenters. The zero-order chi connectivity index (χ0) is 19.3. The lowest BCUT2D eigenvalue weighted by Crippen LogP contribution is -2.14. The molecule has 3 heterocycles. The third-order valence-electron chi connectivity index (χ3n) is 4.49. The lowest BCUT2D eigenvalue weighted by atomic mass is 10.2. The molecule has 0 saturated carbocycles. The molecule has 10 heteroatoms. The highest BCUT2D eigenvalue weighted by Crippen LogP contribution is 2.29. The number of nitrogens with zero attached hydrogens (tertiary/aromatic N) is 5. The van der Waals surface area contributed by atoms with Gasteiger partial charge >= 0.3 is 0 Å². The summed E-state index contributed by atoms with van der Waals surface area (Å²) < 4.78 is 35.0. The highest BCUT2D eigenvalue weighted by molar-refractivity contribution is 7.93. The SMILES string of the molecule is CCn1nc(NS(=O)(=O)c2cccc3nonc23)c2cc3ccccc3nc21. The van der Waals surface area contributed by atoms with Gasteiger partial charge in [0.25, 0.3) is 10.0 Å². The zero-order valence-electron chi connectivity index (χ0n) is 14.7. The van der Waals surface area contributed by atoms with Crippen molar-refractivity contribution in [1.82, 2.24) is 25.1 Å².